The van der Waals surface area contributed by atoms with Crippen molar-refractivity contribution in [1.82, 2.24) is 9.97 Å². The van der Waals surface area contributed by atoms with Gasteiger partial charge in [0.2, 0.25) is 5.95 Å². The molecule has 26 heavy (non-hydrogen) atoms. The van der Waals surface area contributed by atoms with Gasteiger partial charge in [0, 0.05) is 11.9 Å². The maximum atomic E-state index is 12.4. The van der Waals surface area contributed by atoms with Crippen LogP contribution in [0.1, 0.15) is 21.6 Å². The van der Waals surface area contributed by atoms with Crippen LogP contribution in [0.5, 0.6) is 0 Å². The maximum Gasteiger partial charge on any atom is 0.274 e. The average molecular weight is 340 g/mol. The molecule has 7 heteroatoms. The number of rotatable bonds is 4. The van der Waals surface area contributed by atoms with Crippen LogP contribution < -0.4 is 10.6 Å². The lowest BCUT2D eigenvalue weighted by Gasteiger charge is -2.08. The summed E-state index contributed by atoms with van der Waals surface area (Å²) in [5, 5.41) is 23.7. The maximum absolute atomic E-state index is 12.4. The number of hydrogen-bond acceptors (Lipinski definition) is 6. The molecular weight excluding hydrogens is 328 g/mol. The zero-order valence-electron chi connectivity index (χ0n) is 13.5. The molecule has 0 aliphatic carbocycles. The van der Waals surface area contributed by atoms with Crippen molar-refractivity contribution >= 4 is 23.2 Å². The fraction of sp³-hybridized carbons (Fsp3) is 0. The summed E-state index contributed by atoms with van der Waals surface area (Å²) in [5.41, 5.74) is 2.09. The van der Waals surface area contributed by atoms with Gasteiger partial charge in [0.15, 0.2) is 0 Å². The summed E-state index contributed by atoms with van der Waals surface area (Å²) in [6, 6.07) is 19.1. The van der Waals surface area contributed by atoms with Crippen LogP contribution in [-0.2, 0) is 0 Å². The molecule has 0 aliphatic heterocycles. The molecular formula is C19H12N6O. The molecule has 1 amide bonds. The van der Waals surface area contributed by atoms with Gasteiger partial charge in [-0.05, 0) is 36.4 Å². The number of benzene rings is 2. The normalized spacial score (nSPS) is 9.62. The molecule has 1 aromatic heterocycles. The molecule has 0 spiro atoms. The Bertz CT molecular complexity index is 1050. The van der Waals surface area contributed by atoms with Crippen molar-refractivity contribution in [3.8, 4) is 12.1 Å². The number of carbonyl (C=O) groups excluding carboxylic acids is 1. The largest absolute Gasteiger partial charge is 0.323 e. The first-order valence-electron chi connectivity index (χ1n) is 7.60. The highest BCUT2D eigenvalue weighted by molar-refractivity contribution is 6.03. The number of aromatic nitrogens is 2. The molecule has 2 aromatic carbocycles. The fourth-order valence-electron chi connectivity index (χ4n) is 2.22. The number of amides is 1. The third-order valence-electron chi connectivity index (χ3n) is 3.43. The Morgan fingerprint density at radius 3 is 2.65 bits per heavy atom. The van der Waals surface area contributed by atoms with E-state index in [1.165, 1.54) is 12.3 Å². The van der Waals surface area contributed by atoms with Crippen LogP contribution in [0.3, 0.4) is 0 Å². The Morgan fingerprint density at radius 2 is 1.85 bits per heavy atom. The summed E-state index contributed by atoms with van der Waals surface area (Å²) < 4.78 is 0. The number of nitrogens with zero attached hydrogens (tertiary/aromatic N) is 4. The first kappa shape index (κ1) is 16.6. The molecule has 0 radical (unpaired) electrons. The average Bonchev–Trinajstić information content (AvgIpc) is 2.69. The lowest BCUT2D eigenvalue weighted by atomic mass is 10.2. The number of carbonyl (C=O) groups is 1. The van der Waals surface area contributed by atoms with Gasteiger partial charge in [-0.15, -0.1) is 0 Å². The third kappa shape index (κ3) is 3.81. The van der Waals surface area contributed by atoms with Gasteiger partial charge >= 0.3 is 0 Å². The molecule has 2 N–H and O–H groups in total. The third-order valence-corrected chi connectivity index (χ3v) is 3.43. The summed E-state index contributed by atoms with van der Waals surface area (Å²) in [4.78, 5) is 20.6. The van der Waals surface area contributed by atoms with Crippen LogP contribution in [0.15, 0.2) is 60.8 Å². The van der Waals surface area contributed by atoms with Gasteiger partial charge < -0.3 is 10.6 Å². The molecule has 0 saturated carbocycles. The Labute approximate surface area is 149 Å². The molecule has 0 aliphatic rings. The number of hydrogen-bond donors (Lipinski definition) is 2. The monoisotopic (exact) mass is 340 g/mol. The van der Waals surface area contributed by atoms with Gasteiger partial charge in [-0.25, -0.2) is 9.97 Å². The van der Waals surface area contributed by atoms with Crippen LogP contribution >= 0.6 is 0 Å². The van der Waals surface area contributed by atoms with Gasteiger partial charge in [0.25, 0.3) is 5.91 Å². The minimum Gasteiger partial charge on any atom is -0.323 e. The van der Waals surface area contributed by atoms with Crippen molar-refractivity contribution in [3.05, 3.63) is 77.6 Å². The zero-order valence-corrected chi connectivity index (χ0v) is 13.5. The van der Waals surface area contributed by atoms with Crippen LogP contribution in [-0.4, -0.2) is 15.9 Å². The lowest BCUT2D eigenvalue weighted by Crippen LogP contribution is -2.15. The van der Waals surface area contributed by atoms with Gasteiger partial charge in [0.1, 0.15) is 11.8 Å². The highest BCUT2D eigenvalue weighted by Gasteiger charge is 2.10. The molecule has 0 atom stereocenters. The number of nitrogens with one attached hydrogen (secondary N) is 2. The highest BCUT2D eigenvalue weighted by atomic mass is 16.1. The molecule has 3 rings (SSSR count). The van der Waals surface area contributed by atoms with Crippen LogP contribution in [0.2, 0.25) is 0 Å². The summed E-state index contributed by atoms with van der Waals surface area (Å²) in [7, 11) is 0. The quantitative estimate of drug-likeness (QED) is 0.753. The summed E-state index contributed by atoms with van der Waals surface area (Å²) in [6.07, 6.45) is 1.45. The van der Waals surface area contributed by atoms with Crippen molar-refractivity contribution in [2.75, 3.05) is 10.6 Å². The van der Waals surface area contributed by atoms with Gasteiger partial charge in [-0.1, -0.05) is 18.2 Å². The van der Waals surface area contributed by atoms with E-state index in [0.717, 1.165) is 0 Å². The van der Waals surface area contributed by atoms with E-state index < -0.39 is 5.91 Å². The molecule has 3 aromatic rings. The Hall–Kier alpha value is -4.23. The Balaban J connectivity index is 1.79. The minimum atomic E-state index is -0.431. The van der Waals surface area contributed by atoms with Crippen molar-refractivity contribution in [3.63, 3.8) is 0 Å². The van der Waals surface area contributed by atoms with E-state index in [1.54, 1.807) is 48.5 Å². The van der Waals surface area contributed by atoms with Crippen molar-refractivity contribution in [2.45, 2.75) is 0 Å². The smallest absolute Gasteiger partial charge is 0.274 e. The van der Waals surface area contributed by atoms with E-state index in [4.69, 9.17) is 10.5 Å². The second-order valence-electron chi connectivity index (χ2n) is 5.19. The van der Waals surface area contributed by atoms with E-state index in [2.05, 4.69) is 26.7 Å². The van der Waals surface area contributed by atoms with Crippen molar-refractivity contribution < 1.29 is 4.79 Å². The predicted molar refractivity (Wildman–Crippen MR) is 95.6 cm³/mol. The Kier molecular flexibility index (Phi) is 4.83. The van der Waals surface area contributed by atoms with E-state index >= 15 is 0 Å². The van der Waals surface area contributed by atoms with Crippen LogP contribution in [0.25, 0.3) is 0 Å². The molecule has 7 nitrogen and oxygen atoms in total. The molecule has 124 valence electrons. The zero-order chi connectivity index (χ0) is 18.4. The minimum absolute atomic E-state index is 0.152. The van der Waals surface area contributed by atoms with E-state index in [-0.39, 0.29) is 11.6 Å². The fourth-order valence-corrected chi connectivity index (χ4v) is 2.22. The summed E-state index contributed by atoms with van der Waals surface area (Å²) in [6.45, 7) is 0. The highest BCUT2D eigenvalue weighted by Crippen LogP contribution is 2.18. The van der Waals surface area contributed by atoms with E-state index in [0.29, 0.717) is 22.5 Å². The van der Waals surface area contributed by atoms with Crippen molar-refractivity contribution in [1.29, 1.82) is 10.5 Å². The van der Waals surface area contributed by atoms with Crippen LogP contribution in [0, 0.1) is 22.7 Å². The first-order chi connectivity index (χ1) is 12.7. The summed E-state index contributed by atoms with van der Waals surface area (Å²) >= 11 is 0. The molecule has 0 unspecified atom stereocenters. The number of anilines is 3. The number of para-hydroxylation sites is 1. The second kappa shape index (κ2) is 7.56. The lowest BCUT2D eigenvalue weighted by molar-refractivity contribution is 0.102. The topological polar surface area (TPSA) is 114 Å². The molecule has 1 heterocycles. The number of nitriles is 2. The van der Waals surface area contributed by atoms with Gasteiger partial charge in [-0.3, -0.25) is 4.79 Å². The van der Waals surface area contributed by atoms with E-state index in [1.807, 2.05) is 6.07 Å². The van der Waals surface area contributed by atoms with Crippen LogP contribution in [0.4, 0.5) is 17.3 Å². The Morgan fingerprint density at radius 1 is 1.00 bits per heavy atom. The first-order valence-corrected chi connectivity index (χ1v) is 7.60. The SMILES string of the molecule is N#Cc1cccc(NC(=O)c2ccnc(Nc3ccccc3C#N)n2)c1. The predicted octanol–water partition coefficient (Wildman–Crippen LogP) is 3.22. The van der Waals surface area contributed by atoms with Gasteiger partial charge in [0.05, 0.1) is 22.9 Å². The van der Waals surface area contributed by atoms with Crippen molar-refractivity contribution in [2.24, 2.45) is 0 Å². The summed E-state index contributed by atoms with van der Waals surface area (Å²) in [5.74, 6) is -0.231. The second-order valence-corrected chi connectivity index (χ2v) is 5.19. The standard InChI is InChI=1S/C19H12N6O/c20-11-13-4-3-6-15(10-13)23-18(26)17-8-9-22-19(25-17)24-16-7-2-1-5-14(16)12-21/h1-10H,(H,23,26)(H,22,24,25). The van der Waals surface area contributed by atoms with Gasteiger partial charge in [-0.2, -0.15) is 10.5 Å². The molecule has 0 bridgehead atoms. The molecule has 0 fully saturated rings. The molecule has 0 saturated heterocycles. The van der Waals surface area contributed by atoms with E-state index in [9.17, 15) is 4.79 Å².